The summed E-state index contributed by atoms with van der Waals surface area (Å²) in [6.45, 7) is 4.16. The van der Waals surface area contributed by atoms with Gasteiger partial charge in [0.25, 0.3) is 11.7 Å². The Labute approximate surface area is 202 Å². The van der Waals surface area contributed by atoms with Crippen molar-refractivity contribution in [3.05, 3.63) is 105 Å². The van der Waals surface area contributed by atoms with E-state index < -0.39 is 23.5 Å². The van der Waals surface area contributed by atoms with Crippen LogP contribution < -0.4 is 4.74 Å². The second-order valence-electron chi connectivity index (χ2n) is 8.05. The van der Waals surface area contributed by atoms with Crippen LogP contribution in [0.15, 0.2) is 72.3 Å². The molecule has 5 nitrogen and oxygen atoms in total. The van der Waals surface area contributed by atoms with Crippen LogP contribution in [0.4, 0.5) is 4.39 Å². The van der Waals surface area contributed by atoms with E-state index in [2.05, 4.69) is 0 Å². The summed E-state index contributed by atoms with van der Waals surface area (Å²) >= 11 is 6.18. The highest BCUT2D eigenvalue weighted by Crippen LogP contribution is 2.41. The molecule has 3 aromatic rings. The van der Waals surface area contributed by atoms with E-state index in [1.54, 1.807) is 30.3 Å². The Morgan fingerprint density at radius 1 is 1.09 bits per heavy atom. The van der Waals surface area contributed by atoms with Gasteiger partial charge in [-0.2, -0.15) is 0 Å². The number of ether oxygens (including phenoxy) is 1. The van der Waals surface area contributed by atoms with Crippen LogP contribution >= 0.6 is 11.6 Å². The van der Waals surface area contributed by atoms with Gasteiger partial charge in [-0.15, -0.1) is 0 Å². The van der Waals surface area contributed by atoms with Crippen molar-refractivity contribution in [2.45, 2.75) is 26.4 Å². The van der Waals surface area contributed by atoms with Crippen molar-refractivity contribution in [2.75, 3.05) is 6.61 Å². The van der Waals surface area contributed by atoms with Gasteiger partial charge in [0.15, 0.2) is 0 Å². The molecule has 1 N–H and O–H groups in total. The maximum atomic E-state index is 13.4. The average molecular weight is 480 g/mol. The Morgan fingerprint density at radius 3 is 2.50 bits per heavy atom. The lowest BCUT2D eigenvalue weighted by atomic mass is 9.94. The van der Waals surface area contributed by atoms with E-state index >= 15 is 0 Å². The molecule has 1 amide bonds. The Morgan fingerprint density at radius 2 is 1.82 bits per heavy atom. The number of aliphatic hydroxyl groups is 1. The molecule has 1 aliphatic rings. The number of nitrogens with zero attached hydrogens (tertiary/aromatic N) is 1. The molecule has 0 saturated carbocycles. The predicted molar refractivity (Wildman–Crippen MR) is 128 cm³/mol. The molecule has 34 heavy (non-hydrogen) atoms. The van der Waals surface area contributed by atoms with Crippen LogP contribution in [-0.2, 0) is 16.1 Å². The molecule has 0 spiro atoms. The van der Waals surface area contributed by atoms with Gasteiger partial charge in [0.1, 0.15) is 17.3 Å². The Bertz CT molecular complexity index is 1290. The standard InChI is InChI=1S/C27H23ClFNO4/c1-3-34-22-14-19(9-12-21(22)28)25(31)23-24(18-6-4-5-16(2)13-18)30(27(33)26(23)32)15-17-7-10-20(29)11-8-17/h4-14,24,31H,3,15H2,1-2H3/b25-23-. The van der Waals surface area contributed by atoms with Crippen LogP contribution in [0.25, 0.3) is 5.76 Å². The third-order valence-corrected chi connectivity index (χ3v) is 5.98. The predicted octanol–water partition coefficient (Wildman–Crippen LogP) is 5.81. The second-order valence-corrected chi connectivity index (χ2v) is 8.45. The summed E-state index contributed by atoms with van der Waals surface area (Å²) in [6.07, 6.45) is 0. The largest absolute Gasteiger partial charge is 0.507 e. The highest BCUT2D eigenvalue weighted by Gasteiger charge is 2.46. The molecule has 7 heteroatoms. The molecule has 0 bridgehead atoms. The molecule has 4 rings (SSSR count). The zero-order valence-corrected chi connectivity index (χ0v) is 19.5. The van der Waals surface area contributed by atoms with Crippen molar-refractivity contribution in [1.29, 1.82) is 0 Å². The molecule has 1 fully saturated rings. The number of carbonyl (C=O) groups is 2. The van der Waals surface area contributed by atoms with Crippen molar-refractivity contribution in [3.8, 4) is 5.75 Å². The molecule has 0 radical (unpaired) electrons. The van der Waals surface area contributed by atoms with Crippen LogP contribution in [0, 0.1) is 12.7 Å². The summed E-state index contributed by atoms with van der Waals surface area (Å²) < 4.78 is 18.9. The van der Waals surface area contributed by atoms with E-state index in [1.165, 1.54) is 17.0 Å². The van der Waals surface area contributed by atoms with Gasteiger partial charge in [-0.1, -0.05) is 53.6 Å². The minimum atomic E-state index is -0.823. The van der Waals surface area contributed by atoms with Gasteiger partial charge in [0, 0.05) is 12.1 Å². The summed E-state index contributed by atoms with van der Waals surface area (Å²) in [5, 5.41) is 11.6. The number of hydrogen-bond acceptors (Lipinski definition) is 4. The number of hydrogen-bond donors (Lipinski definition) is 1. The first-order chi connectivity index (χ1) is 16.3. The second kappa shape index (κ2) is 9.69. The van der Waals surface area contributed by atoms with E-state index in [0.29, 0.717) is 34.1 Å². The Hall–Kier alpha value is -3.64. The van der Waals surface area contributed by atoms with Crippen molar-refractivity contribution < 1.29 is 23.8 Å². The van der Waals surface area contributed by atoms with E-state index in [9.17, 15) is 19.1 Å². The summed E-state index contributed by atoms with van der Waals surface area (Å²) in [6, 6.07) is 17.0. The quantitative estimate of drug-likeness (QED) is 0.275. The van der Waals surface area contributed by atoms with Crippen LogP contribution in [0.1, 0.15) is 35.2 Å². The number of aliphatic hydroxyl groups excluding tert-OH is 1. The van der Waals surface area contributed by atoms with Gasteiger partial charge in [-0.25, -0.2) is 4.39 Å². The molecule has 1 unspecified atom stereocenters. The summed E-state index contributed by atoms with van der Waals surface area (Å²) in [5.41, 5.74) is 2.57. The van der Waals surface area contributed by atoms with Gasteiger partial charge in [0.05, 0.1) is 23.2 Å². The van der Waals surface area contributed by atoms with Gasteiger partial charge >= 0.3 is 0 Å². The highest BCUT2D eigenvalue weighted by atomic mass is 35.5. The zero-order chi connectivity index (χ0) is 24.4. The lowest BCUT2D eigenvalue weighted by molar-refractivity contribution is -0.140. The van der Waals surface area contributed by atoms with Crippen molar-refractivity contribution in [3.63, 3.8) is 0 Å². The fourth-order valence-corrected chi connectivity index (χ4v) is 4.26. The van der Waals surface area contributed by atoms with Gasteiger partial charge in [0.2, 0.25) is 0 Å². The molecule has 1 aliphatic heterocycles. The van der Waals surface area contributed by atoms with Crippen LogP contribution in [-0.4, -0.2) is 28.3 Å². The maximum absolute atomic E-state index is 13.4. The molecular weight excluding hydrogens is 457 g/mol. The Kier molecular flexibility index (Phi) is 6.70. The van der Waals surface area contributed by atoms with Crippen molar-refractivity contribution >= 4 is 29.1 Å². The van der Waals surface area contributed by atoms with Crippen LogP contribution in [0.5, 0.6) is 5.75 Å². The van der Waals surface area contributed by atoms with Gasteiger partial charge in [-0.05, 0) is 55.3 Å². The first kappa shape index (κ1) is 23.5. The SMILES string of the molecule is CCOc1cc(/C(O)=C2/C(=O)C(=O)N(Cc3ccc(F)cc3)C2c2cccc(C)c2)ccc1Cl. The topological polar surface area (TPSA) is 66.8 Å². The molecule has 0 aromatic heterocycles. The van der Waals surface area contributed by atoms with E-state index in [4.69, 9.17) is 16.3 Å². The van der Waals surface area contributed by atoms with E-state index in [-0.39, 0.29) is 17.9 Å². The first-order valence-corrected chi connectivity index (χ1v) is 11.2. The lowest BCUT2D eigenvalue weighted by Gasteiger charge is -2.26. The number of likely N-dealkylation sites (tertiary alicyclic amines) is 1. The molecule has 174 valence electrons. The van der Waals surface area contributed by atoms with Crippen molar-refractivity contribution in [2.24, 2.45) is 0 Å². The number of amides is 1. The molecule has 1 heterocycles. The molecule has 3 aromatic carbocycles. The van der Waals surface area contributed by atoms with Crippen molar-refractivity contribution in [1.82, 2.24) is 4.90 Å². The average Bonchev–Trinajstić information content (AvgIpc) is 3.06. The third kappa shape index (κ3) is 4.54. The number of benzene rings is 3. The zero-order valence-electron chi connectivity index (χ0n) is 18.7. The lowest BCUT2D eigenvalue weighted by Crippen LogP contribution is -2.29. The minimum Gasteiger partial charge on any atom is -0.507 e. The monoisotopic (exact) mass is 479 g/mol. The number of halogens is 2. The number of rotatable bonds is 6. The molecular formula is C27H23ClFNO4. The fourth-order valence-electron chi connectivity index (χ4n) is 4.09. The van der Waals surface area contributed by atoms with Crippen LogP contribution in [0.3, 0.4) is 0 Å². The summed E-state index contributed by atoms with van der Waals surface area (Å²) in [4.78, 5) is 27.7. The number of ketones is 1. The van der Waals surface area contributed by atoms with Gasteiger partial charge < -0.3 is 14.7 Å². The molecule has 1 atom stereocenters. The number of carbonyl (C=O) groups excluding carboxylic acids is 2. The van der Waals surface area contributed by atoms with Crippen LogP contribution in [0.2, 0.25) is 5.02 Å². The smallest absolute Gasteiger partial charge is 0.295 e. The number of Topliss-reactive ketones (excluding diaryl/α,β-unsaturated/α-hetero) is 1. The minimum absolute atomic E-state index is 0.0255. The molecule has 0 aliphatic carbocycles. The molecule has 1 saturated heterocycles. The highest BCUT2D eigenvalue weighted by molar-refractivity contribution is 6.46. The first-order valence-electron chi connectivity index (χ1n) is 10.8. The fraction of sp³-hybridized carbons (Fsp3) is 0.185. The van der Waals surface area contributed by atoms with Gasteiger partial charge in [-0.3, -0.25) is 9.59 Å². The third-order valence-electron chi connectivity index (χ3n) is 5.67. The summed E-state index contributed by atoms with van der Waals surface area (Å²) in [5.74, 6) is -1.88. The van der Waals surface area contributed by atoms with E-state index in [1.807, 2.05) is 38.1 Å². The van der Waals surface area contributed by atoms with E-state index in [0.717, 1.165) is 5.56 Å². The normalized spacial score (nSPS) is 17.3. The maximum Gasteiger partial charge on any atom is 0.295 e. The number of aryl methyl sites for hydroxylation is 1. The Balaban J connectivity index is 1.86. The summed E-state index contributed by atoms with van der Waals surface area (Å²) in [7, 11) is 0.